The Morgan fingerprint density at radius 1 is 1.28 bits per heavy atom. The molecule has 1 atom stereocenters. The van der Waals surface area contributed by atoms with Gasteiger partial charge in [0.25, 0.3) is 0 Å². The Balaban J connectivity index is 1.77. The fourth-order valence-electron chi connectivity index (χ4n) is 2.78. The van der Waals surface area contributed by atoms with Gasteiger partial charge in [0, 0.05) is 44.7 Å². The lowest BCUT2D eigenvalue weighted by Gasteiger charge is -2.34. The fraction of sp³-hybridized carbons (Fsp3) is 0.471. The van der Waals surface area contributed by atoms with Gasteiger partial charge in [-0.25, -0.2) is 14.8 Å². The van der Waals surface area contributed by atoms with Gasteiger partial charge in [-0.3, -0.25) is 0 Å². The number of methoxy groups -OCH3 is 1. The van der Waals surface area contributed by atoms with E-state index in [1.807, 2.05) is 25.1 Å². The van der Waals surface area contributed by atoms with E-state index in [1.165, 1.54) is 0 Å². The summed E-state index contributed by atoms with van der Waals surface area (Å²) in [7, 11) is 1.66. The average molecular weight is 345 g/mol. The number of aromatic nitrogens is 2. The summed E-state index contributed by atoms with van der Waals surface area (Å²) in [5, 5.41) is 0.960. The standard InChI is InChI=1S/C17H23N5O3/c1-12(24-2)10-25-13-3-4-14-15(9-13)19-11-20-16(14)21-5-7-22(8-6-21)17(18)23/h3-4,9,11-12H,5-8,10H2,1-2H3,(H2,18,23). The fourth-order valence-corrected chi connectivity index (χ4v) is 2.78. The van der Waals surface area contributed by atoms with Crippen molar-refractivity contribution in [2.24, 2.45) is 5.73 Å². The van der Waals surface area contributed by atoms with Crippen LogP contribution in [-0.2, 0) is 4.74 Å². The molecule has 0 spiro atoms. The number of nitrogens with zero attached hydrogens (tertiary/aromatic N) is 4. The number of piperazine rings is 1. The van der Waals surface area contributed by atoms with Crippen LogP contribution in [0.3, 0.4) is 0 Å². The number of benzene rings is 1. The van der Waals surface area contributed by atoms with Gasteiger partial charge in [-0.15, -0.1) is 0 Å². The first-order valence-corrected chi connectivity index (χ1v) is 8.28. The zero-order valence-electron chi connectivity index (χ0n) is 14.5. The van der Waals surface area contributed by atoms with Gasteiger partial charge in [-0.2, -0.15) is 0 Å². The molecule has 1 saturated heterocycles. The molecule has 2 heterocycles. The van der Waals surface area contributed by atoms with Crippen LogP contribution in [-0.4, -0.2) is 66.9 Å². The molecule has 0 bridgehead atoms. The lowest BCUT2D eigenvalue weighted by atomic mass is 10.2. The van der Waals surface area contributed by atoms with E-state index in [9.17, 15) is 4.79 Å². The van der Waals surface area contributed by atoms with Gasteiger partial charge in [-0.1, -0.05) is 0 Å². The van der Waals surface area contributed by atoms with Gasteiger partial charge in [-0.05, 0) is 19.1 Å². The summed E-state index contributed by atoms with van der Waals surface area (Å²) in [6.45, 7) is 5.01. The average Bonchev–Trinajstić information content (AvgIpc) is 2.65. The van der Waals surface area contributed by atoms with Crippen LogP contribution in [0.25, 0.3) is 10.9 Å². The predicted octanol–water partition coefficient (Wildman–Crippen LogP) is 1.24. The molecule has 1 aliphatic rings. The number of ether oxygens (including phenoxy) is 2. The molecule has 0 aliphatic carbocycles. The Bertz CT molecular complexity index is 746. The smallest absolute Gasteiger partial charge is 0.314 e. The monoisotopic (exact) mass is 345 g/mol. The highest BCUT2D eigenvalue weighted by Crippen LogP contribution is 2.27. The molecule has 0 radical (unpaired) electrons. The summed E-state index contributed by atoms with van der Waals surface area (Å²) >= 11 is 0. The molecule has 8 nitrogen and oxygen atoms in total. The number of carbonyl (C=O) groups is 1. The molecule has 3 rings (SSSR count). The molecule has 8 heteroatoms. The highest BCUT2D eigenvalue weighted by atomic mass is 16.5. The Labute approximate surface area is 146 Å². The number of fused-ring (bicyclic) bond motifs is 1. The topological polar surface area (TPSA) is 93.8 Å². The van der Waals surface area contributed by atoms with Crippen molar-refractivity contribution < 1.29 is 14.3 Å². The van der Waals surface area contributed by atoms with E-state index < -0.39 is 0 Å². The molecule has 1 aliphatic heterocycles. The van der Waals surface area contributed by atoms with Crippen LogP contribution in [0.5, 0.6) is 5.75 Å². The number of rotatable bonds is 5. The van der Waals surface area contributed by atoms with E-state index in [1.54, 1.807) is 18.3 Å². The van der Waals surface area contributed by atoms with E-state index in [0.29, 0.717) is 32.8 Å². The van der Waals surface area contributed by atoms with Crippen molar-refractivity contribution in [1.29, 1.82) is 0 Å². The Hall–Kier alpha value is -2.61. The Morgan fingerprint density at radius 3 is 2.72 bits per heavy atom. The molecule has 0 saturated carbocycles. The van der Waals surface area contributed by atoms with Crippen molar-refractivity contribution in [2.45, 2.75) is 13.0 Å². The summed E-state index contributed by atoms with van der Waals surface area (Å²) in [5.41, 5.74) is 6.16. The predicted molar refractivity (Wildman–Crippen MR) is 94.9 cm³/mol. The van der Waals surface area contributed by atoms with Gasteiger partial charge in [0.15, 0.2) is 0 Å². The summed E-state index contributed by atoms with van der Waals surface area (Å²) in [4.78, 5) is 23.8. The maximum absolute atomic E-state index is 11.3. The van der Waals surface area contributed by atoms with E-state index in [4.69, 9.17) is 15.2 Å². The summed E-state index contributed by atoms with van der Waals surface area (Å²) in [6.07, 6.45) is 1.58. The molecule has 1 fully saturated rings. The van der Waals surface area contributed by atoms with Gasteiger partial charge < -0.3 is 25.0 Å². The number of carbonyl (C=O) groups excluding carboxylic acids is 1. The molecule has 2 amide bonds. The molecule has 2 aromatic rings. The van der Waals surface area contributed by atoms with Crippen molar-refractivity contribution in [3.63, 3.8) is 0 Å². The largest absolute Gasteiger partial charge is 0.491 e. The number of nitrogens with two attached hydrogens (primary N) is 1. The van der Waals surface area contributed by atoms with Gasteiger partial charge >= 0.3 is 6.03 Å². The van der Waals surface area contributed by atoms with E-state index in [2.05, 4.69) is 14.9 Å². The van der Waals surface area contributed by atoms with E-state index in [0.717, 1.165) is 22.5 Å². The molecule has 1 aromatic heterocycles. The van der Waals surface area contributed by atoms with Crippen molar-refractivity contribution in [3.8, 4) is 5.75 Å². The molecule has 1 unspecified atom stereocenters. The van der Waals surface area contributed by atoms with E-state index >= 15 is 0 Å². The Kier molecular flexibility index (Phi) is 5.18. The lowest BCUT2D eigenvalue weighted by molar-refractivity contribution is 0.0717. The van der Waals surface area contributed by atoms with Crippen LogP contribution in [0, 0.1) is 0 Å². The summed E-state index contributed by atoms with van der Waals surface area (Å²) in [5.74, 6) is 1.62. The van der Waals surface area contributed by atoms with Crippen molar-refractivity contribution >= 4 is 22.8 Å². The van der Waals surface area contributed by atoms with Gasteiger partial charge in [0.2, 0.25) is 0 Å². The highest BCUT2D eigenvalue weighted by molar-refractivity contribution is 5.90. The minimum Gasteiger partial charge on any atom is -0.491 e. The number of anilines is 1. The molecular formula is C17H23N5O3. The highest BCUT2D eigenvalue weighted by Gasteiger charge is 2.21. The van der Waals surface area contributed by atoms with Crippen LogP contribution in [0.4, 0.5) is 10.6 Å². The Morgan fingerprint density at radius 2 is 2.04 bits per heavy atom. The van der Waals surface area contributed by atoms with E-state index in [-0.39, 0.29) is 12.1 Å². The maximum atomic E-state index is 11.3. The normalized spacial score (nSPS) is 16.1. The molecular weight excluding hydrogens is 322 g/mol. The number of hydrogen-bond acceptors (Lipinski definition) is 6. The molecule has 2 N–H and O–H groups in total. The summed E-state index contributed by atoms with van der Waals surface area (Å²) < 4.78 is 10.9. The quantitative estimate of drug-likeness (QED) is 0.876. The van der Waals surface area contributed by atoms with Crippen LogP contribution in [0.2, 0.25) is 0 Å². The van der Waals surface area contributed by atoms with Crippen LogP contribution in [0.15, 0.2) is 24.5 Å². The van der Waals surface area contributed by atoms with Gasteiger partial charge in [0.05, 0.1) is 11.6 Å². The minimum atomic E-state index is -0.376. The zero-order chi connectivity index (χ0) is 17.8. The first-order chi connectivity index (χ1) is 12.1. The van der Waals surface area contributed by atoms with Crippen molar-refractivity contribution in [2.75, 3.05) is 44.8 Å². The second kappa shape index (κ2) is 7.52. The SMILES string of the molecule is COC(C)COc1ccc2c(N3CCN(C(N)=O)CC3)ncnc2c1. The maximum Gasteiger partial charge on any atom is 0.314 e. The number of hydrogen-bond donors (Lipinski definition) is 1. The first-order valence-electron chi connectivity index (χ1n) is 8.28. The molecule has 1 aromatic carbocycles. The molecule has 134 valence electrons. The zero-order valence-corrected chi connectivity index (χ0v) is 14.5. The number of primary amides is 1. The third-order valence-electron chi connectivity index (χ3n) is 4.36. The first kappa shape index (κ1) is 17.2. The summed E-state index contributed by atoms with van der Waals surface area (Å²) in [6, 6.07) is 5.41. The second-order valence-corrected chi connectivity index (χ2v) is 6.05. The van der Waals surface area contributed by atoms with Crippen molar-refractivity contribution in [3.05, 3.63) is 24.5 Å². The lowest BCUT2D eigenvalue weighted by Crippen LogP contribution is -2.50. The second-order valence-electron chi connectivity index (χ2n) is 6.05. The number of urea groups is 1. The minimum absolute atomic E-state index is 0.0261. The number of amides is 2. The third-order valence-corrected chi connectivity index (χ3v) is 4.36. The third kappa shape index (κ3) is 3.90. The van der Waals surface area contributed by atoms with Gasteiger partial charge in [0.1, 0.15) is 24.5 Å². The van der Waals surface area contributed by atoms with Crippen molar-refractivity contribution in [1.82, 2.24) is 14.9 Å². The molecule has 25 heavy (non-hydrogen) atoms. The van der Waals surface area contributed by atoms with Crippen LogP contribution >= 0.6 is 0 Å². The van der Waals surface area contributed by atoms with Crippen LogP contribution in [0.1, 0.15) is 6.92 Å². The van der Waals surface area contributed by atoms with Crippen LogP contribution < -0.4 is 15.4 Å².